The molecule has 0 aromatic rings. The van der Waals surface area contributed by atoms with Gasteiger partial charge in [0.1, 0.15) is 12.6 Å². The number of esters is 2. The average molecular weight is 918 g/mol. The highest BCUT2D eigenvalue weighted by molar-refractivity contribution is 5.70. The van der Waals surface area contributed by atoms with Crippen LogP contribution >= 0.6 is 0 Å². The van der Waals surface area contributed by atoms with Gasteiger partial charge in [0.25, 0.3) is 0 Å². The van der Waals surface area contributed by atoms with Crippen LogP contribution in [0.15, 0.2) is 24.3 Å². The van der Waals surface area contributed by atoms with Crippen molar-refractivity contribution in [3.63, 3.8) is 0 Å². The third-order valence-electron chi connectivity index (χ3n) is 12.8. The maximum atomic E-state index is 12.8. The molecule has 0 spiro atoms. The second-order valence-corrected chi connectivity index (χ2v) is 20.2. The van der Waals surface area contributed by atoms with Gasteiger partial charge in [-0.1, -0.05) is 212 Å². The van der Waals surface area contributed by atoms with Crippen LogP contribution in [0.1, 0.15) is 271 Å². The summed E-state index contributed by atoms with van der Waals surface area (Å²) in [5, 5.41) is 11.7. The number of likely N-dealkylation sites (N-methyl/N-ethyl adjacent to an activating group) is 1. The summed E-state index contributed by atoms with van der Waals surface area (Å²) in [6.07, 6.45) is 56.4. The van der Waals surface area contributed by atoms with Crippen LogP contribution < -0.4 is 5.11 Å². The van der Waals surface area contributed by atoms with Gasteiger partial charge in [0.2, 0.25) is 0 Å². The largest absolute Gasteiger partial charge is 0.544 e. The van der Waals surface area contributed by atoms with Gasteiger partial charge in [-0.15, -0.1) is 0 Å². The molecule has 8 heteroatoms. The van der Waals surface area contributed by atoms with Gasteiger partial charge in [0.05, 0.1) is 40.3 Å². The summed E-state index contributed by atoms with van der Waals surface area (Å²) in [6, 6.07) is -0.725. The summed E-state index contributed by atoms with van der Waals surface area (Å²) >= 11 is 0. The molecule has 0 fully saturated rings. The van der Waals surface area contributed by atoms with Crippen molar-refractivity contribution in [2.45, 2.75) is 283 Å². The second-order valence-electron chi connectivity index (χ2n) is 20.2. The van der Waals surface area contributed by atoms with Crippen molar-refractivity contribution in [1.29, 1.82) is 0 Å². The van der Waals surface area contributed by atoms with Crippen LogP contribution in [0.3, 0.4) is 0 Å². The number of hydrogen-bond acceptors (Lipinski definition) is 7. The summed E-state index contributed by atoms with van der Waals surface area (Å²) < 4.78 is 17.3. The molecule has 0 aliphatic carbocycles. The molecule has 0 radical (unpaired) electrons. The molecular weight excluding hydrogens is 811 g/mol. The number of carboxylic acids is 1. The molecule has 2 atom stereocenters. The number of rotatable bonds is 51. The molecule has 0 aromatic heterocycles. The Hall–Kier alpha value is -2.19. The lowest BCUT2D eigenvalue weighted by Crippen LogP contribution is -2.55. The standard InChI is InChI=1S/C57H107NO7/c1-6-8-10-12-14-16-18-20-22-24-26-27-28-29-30-32-34-36-38-40-42-44-46-48-56(60)65-53(51-63-50-49-54(57(61)62)58(3,4)5)52-64-55(59)47-45-43-41-39-37-35-33-31-25-23-21-19-17-15-13-11-9-7-2/h23-26,53-54H,6-22,27-52H2,1-5H3/b25-23-,26-24-. The highest BCUT2D eigenvalue weighted by Crippen LogP contribution is 2.16. The Labute approximate surface area is 402 Å². The van der Waals surface area contributed by atoms with E-state index < -0.39 is 18.1 Å². The van der Waals surface area contributed by atoms with Gasteiger partial charge in [-0.2, -0.15) is 0 Å². The molecule has 0 aliphatic rings. The average Bonchev–Trinajstić information content (AvgIpc) is 3.27. The van der Waals surface area contributed by atoms with Gasteiger partial charge in [-0.3, -0.25) is 9.59 Å². The van der Waals surface area contributed by atoms with Crippen LogP contribution in [-0.2, 0) is 28.6 Å². The molecule has 0 bridgehead atoms. The van der Waals surface area contributed by atoms with Crippen LogP contribution in [-0.4, -0.2) is 75.5 Å². The quantitative estimate of drug-likeness (QED) is 0.0259. The summed E-state index contributed by atoms with van der Waals surface area (Å²) in [4.78, 5) is 37.1. The van der Waals surface area contributed by atoms with Gasteiger partial charge in [-0.25, -0.2) is 0 Å². The number of carboxylic acid groups (broad SMARTS) is 1. The van der Waals surface area contributed by atoms with Crippen molar-refractivity contribution in [1.82, 2.24) is 0 Å². The fraction of sp³-hybridized carbons (Fsp3) is 0.877. The van der Waals surface area contributed by atoms with Crippen LogP contribution in [0.25, 0.3) is 0 Å². The number of quaternary nitrogens is 1. The van der Waals surface area contributed by atoms with E-state index in [4.69, 9.17) is 14.2 Å². The molecule has 65 heavy (non-hydrogen) atoms. The summed E-state index contributed by atoms with van der Waals surface area (Å²) in [5.41, 5.74) is 0. The van der Waals surface area contributed by atoms with E-state index in [1.54, 1.807) is 0 Å². The zero-order valence-corrected chi connectivity index (χ0v) is 43.7. The minimum atomic E-state index is -1.12. The molecule has 0 saturated carbocycles. The van der Waals surface area contributed by atoms with E-state index in [1.165, 1.54) is 199 Å². The van der Waals surface area contributed by atoms with E-state index in [9.17, 15) is 19.5 Å². The smallest absolute Gasteiger partial charge is 0.306 e. The van der Waals surface area contributed by atoms with Crippen molar-refractivity contribution in [2.75, 3.05) is 41.0 Å². The number of ether oxygens (including phenoxy) is 3. The zero-order valence-electron chi connectivity index (χ0n) is 43.7. The molecule has 0 saturated heterocycles. The number of nitrogens with zero attached hydrogens (tertiary/aromatic N) is 1. The van der Waals surface area contributed by atoms with Crippen LogP contribution in [0, 0.1) is 0 Å². The fourth-order valence-corrected chi connectivity index (χ4v) is 8.47. The molecule has 0 N–H and O–H groups in total. The molecule has 2 unspecified atom stereocenters. The maximum Gasteiger partial charge on any atom is 0.306 e. The summed E-state index contributed by atoms with van der Waals surface area (Å²) in [5.74, 6) is -1.72. The van der Waals surface area contributed by atoms with E-state index in [2.05, 4.69) is 38.2 Å². The number of unbranched alkanes of at least 4 members (excludes halogenated alkanes) is 33. The monoisotopic (exact) mass is 918 g/mol. The fourth-order valence-electron chi connectivity index (χ4n) is 8.47. The van der Waals surface area contributed by atoms with Crippen molar-refractivity contribution >= 4 is 17.9 Å². The normalized spacial score (nSPS) is 12.9. The minimum Gasteiger partial charge on any atom is -0.544 e. The minimum absolute atomic E-state index is 0.0430. The molecule has 0 rings (SSSR count). The van der Waals surface area contributed by atoms with E-state index in [0.29, 0.717) is 12.8 Å². The van der Waals surface area contributed by atoms with Crippen LogP contribution in [0.2, 0.25) is 0 Å². The first-order valence-corrected chi connectivity index (χ1v) is 27.9. The van der Waals surface area contributed by atoms with Gasteiger partial charge in [0.15, 0.2) is 6.10 Å². The molecular formula is C57H107NO7. The van der Waals surface area contributed by atoms with E-state index in [-0.39, 0.29) is 42.7 Å². The molecule has 382 valence electrons. The molecule has 0 aliphatic heterocycles. The SMILES string of the molecule is CCCCCCCCC/C=C\CCCCCCCCCC(=O)OCC(COCCC(C(=O)[O-])[N+](C)(C)C)OC(=O)CCCCCCCCCCCCC/C=C\CCCCCCCCCC. The van der Waals surface area contributed by atoms with E-state index in [0.717, 1.165) is 38.5 Å². The van der Waals surface area contributed by atoms with Crippen LogP contribution in [0.4, 0.5) is 0 Å². The third-order valence-corrected chi connectivity index (χ3v) is 12.8. The Bertz CT molecular complexity index is 1120. The first-order valence-electron chi connectivity index (χ1n) is 27.9. The van der Waals surface area contributed by atoms with Crippen molar-refractivity contribution in [3.05, 3.63) is 24.3 Å². The molecule has 0 aromatic carbocycles. The zero-order chi connectivity index (χ0) is 47.7. The summed E-state index contributed by atoms with van der Waals surface area (Å²) in [7, 11) is 5.43. The number of hydrogen-bond donors (Lipinski definition) is 0. The van der Waals surface area contributed by atoms with Gasteiger partial charge in [0, 0.05) is 19.3 Å². The second kappa shape index (κ2) is 48.3. The van der Waals surface area contributed by atoms with Crippen molar-refractivity contribution in [2.24, 2.45) is 0 Å². The number of aliphatic carboxylic acids is 1. The number of carbonyl (C=O) groups excluding carboxylic acids is 3. The maximum absolute atomic E-state index is 12.8. The predicted octanol–water partition coefficient (Wildman–Crippen LogP) is 15.0. The lowest BCUT2D eigenvalue weighted by Gasteiger charge is -2.34. The van der Waals surface area contributed by atoms with Gasteiger partial charge in [-0.05, 0) is 64.2 Å². The first kappa shape index (κ1) is 62.8. The van der Waals surface area contributed by atoms with Crippen LogP contribution in [0.5, 0.6) is 0 Å². The molecule has 0 amide bonds. The highest BCUT2D eigenvalue weighted by atomic mass is 16.6. The molecule has 0 heterocycles. The Morgan fingerprint density at radius 1 is 0.446 bits per heavy atom. The number of allylic oxidation sites excluding steroid dienone is 4. The summed E-state index contributed by atoms with van der Waals surface area (Å²) in [6.45, 7) is 4.70. The third kappa shape index (κ3) is 46.7. The molecule has 8 nitrogen and oxygen atoms in total. The lowest BCUT2D eigenvalue weighted by atomic mass is 10.0. The predicted molar refractivity (Wildman–Crippen MR) is 273 cm³/mol. The number of carbonyl (C=O) groups is 3. The Balaban J connectivity index is 4.17. The Morgan fingerprint density at radius 3 is 1.11 bits per heavy atom. The lowest BCUT2D eigenvalue weighted by molar-refractivity contribution is -0.889. The van der Waals surface area contributed by atoms with E-state index in [1.807, 2.05) is 21.1 Å². The highest BCUT2D eigenvalue weighted by Gasteiger charge is 2.25. The Morgan fingerprint density at radius 2 is 0.769 bits per heavy atom. The Kier molecular flexibility index (Phi) is 46.6. The topological polar surface area (TPSA) is 102 Å². The van der Waals surface area contributed by atoms with Gasteiger partial charge >= 0.3 is 11.9 Å². The first-order chi connectivity index (χ1) is 31.6. The van der Waals surface area contributed by atoms with Crippen molar-refractivity contribution < 1.29 is 38.2 Å². The van der Waals surface area contributed by atoms with Crippen molar-refractivity contribution in [3.8, 4) is 0 Å². The van der Waals surface area contributed by atoms with E-state index >= 15 is 0 Å². The van der Waals surface area contributed by atoms with Gasteiger partial charge < -0.3 is 28.6 Å².